The number of hydrogen-bond donors (Lipinski definition) is 2. The van der Waals surface area contributed by atoms with Gasteiger partial charge in [-0.05, 0) is 43.2 Å². The van der Waals surface area contributed by atoms with E-state index in [-0.39, 0.29) is 11.9 Å². The number of ether oxygens (including phenoxy) is 1. The fourth-order valence-corrected chi connectivity index (χ4v) is 2.10. The lowest BCUT2D eigenvalue weighted by Gasteiger charge is -2.19. The van der Waals surface area contributed by atoms with Crippen molar-refractivity contribution in [2.24, 2.45) is 0 Å². The number of benzene rings is 2. The van der Waals surface area contributed by atoms with E-state index in [4.69, 9.17) is 10.5 Å². The monoisotopic (exact) mass is 288 g/mol. The lowest BCUT2D eigenvalue weighted by atomic mass is 10.1. The van der Waals surface area contributed by atoms with Gasteiger partial charge in [-0.2, -0.15) is 0 Å². The maximum atomic E-state index is 13.3. The van der Waals surface area contributed by atoms with Crippen molar-refractivity contribution in [3.63, 3.8) is 0 Å². The Balaban J connectivity index is 2.15. The average molecular weight is 288 g/mol. The quantitative estimate of drug-likeness (QED) is 0.776. The minimum atomic E-state index is -0.242. The van der Waals surface area contributed by atoms with Crippen molar-refractivity contribution in [3.05, 3.63) is 53.8 Å². The van der Waals surface area contributed by atoms with Crippen LogP contribution in [0.2, 0.25) is 0 Å². The predicted molar refractivity (Wildman–Crippen MR) is 85.1 cm³/mol. The van der Waals surface area contributed by atoms with Gasteiger partial charge in [-0.15, -0.1) is 0 Å². The lowest BCUT2D eigenvalue weighted by Crippen LogP contribution is -2.09. The molecule has 4 heteroatoms. The van der Waals surface area contributed by atoms with Gasteiger partial charge >= 0.3 is 0 Å². The van der Waals surface area contributed by atoms with Gasteiger partial charge in [-0.3, -0.25) is 0 Å². The molecule has 2 rings (SSSR count). The third-order valence-corrected chi connectivity index (χ3v) is 3.25. The highest BCUT2D eigenvalue weighted by molar-refractivity contribution is 5.73. The summed E-state index contributed by atoms with van der Waals surface area (Å²) in [6.45, 7) is 4.64. The molecule has 0 fully saturated rings. The van der Waals surface area contributed by atoms with Crippen LogP contribution in [0.1, 0.15) is 31.9 Å². The molecule has 0 aliphatic rings. The first kappa shape index (κ1) is 15.2. The second-order valence-electron chi connectivity index (χ2n) is 4.99. The smallest absolute Gasteiger partial charge is 0.144 e. The minimum absolute atomic E-state index is 0.0515. The molecule has 0 spiro atoms. The summed E-state index contributed by atoms with van der Waals surface area (Å²) in [6, 6.07) is 12.1. The predicted octanol–water partition coefficient (Wildman–Crippen LogP) is 4.37. The Kier molecular flexibility index (Phi) is 5.04. The lowest BCUT2D eigenvalue weighted by molar-refractivity contribution is 0.319. The van der Waals surface area contributed by atoms with Gasteiger partial charge < -0.3 is 15.8 Å². The fourth-order valence-electron chi connectivity index (χ4n) is 2.10. The van der Waals surface area contributed by atoms with Crippen LogP contribution in [0.15, 0.2) is 42.5 Å². The Labute approximate surface area is 124 Å². The molecule has 0 saturated carbocycles. The zero-order valence-electron chi connectivity index (χ0n) is 12.4. The first-order valence-electron chi connectivity index (χ1n) is 7.15. The maximum absolute atomic E-state index is 13.3. The second-order valence-corrected chi connectivity index (χ2v) is 4.99. The van der Waals surface area contributed by atoms with Crippen LogP contribution in [0.25, 0.3) is 0 Å². The zero-order chi connectivity index (χ0) is 15.2. The average Bonchev–Trinajstić information content (AvgIpc) is 2.48. The van der Waals surface area contributed by atoms with Crippen molar-refractivity contribution < 1.29 is 9.13 Å². The molecule has 0 bridgehead atoms. The van der Waals surface area contributed by atoms with Gasteiger partial charge in [-0.25, -0.2) is 4.39 Å². The van der Waals surface area contributed by atoms with E-state index in [1.807, 2.05) is 38.1 Å². The number of nitrogens with two attached hydrogens (primary N) is 1. The molecule has 0 amide bonds. The normalized spacial score (nSPS) is 12.0. The molecule has 1 unspecified atom stereocenters. The van der Waals surface area contributed by atoms with Gasteiger partial charge in [0.05, 0.1) is 18.0 Å². The molecule has 0 heterocycles. The Morgan fingerprint density at radius 2 is 2.00 bits per heavy atom. The van der Waals surface area contributed by atoms with E-state index in [1.54, 1.807) is 6.07 Å². The molecule has 1 atom stereocenters. The molecule has 0 aliphatic heterocycles. The summed E-state index contributed by atoms with van der Waals surface area (Å²) in [5, 5.41) is 3.30. The van der Waals surface area contributed by atoms with Crippen LogP contribution in [0.3, 0.4) is 0 Å². The highest BCUT2D eigenvalue weighted by Gasteiger charge is 2.10. The summed E-state index contributed by atoms with van der Waals surface area (Å²) in [5.74, 6) is 0.433. The van der Waals surface area contributed by atoms with E-state index >= 15 is 0 Å². The van der Waals surface area contributed by atoms with Crippen molar-refractivity contribution >= 4 is 11.4 Å². The van der Waals surface area contributed by atoms with Crippen molar-refractivity contribution in [3.8, 4) is 5.75 Å². The first-order chi connectivity index (χ1) is 10.1. The Morgan fingerprint density at radius 3 is 2.71 bits per heavy atom. The topological polar surface area (TPSA) is 47.3 Å². The number of rotatable bonds is 6. The number of para-hydroxylation sites is 1. The van der Waals surface area contributed by atoms with E-state index in [0.717, 1.165) is 17.7 Å². The fraction of sp³-hybridized carbons (Fsp3) is 0.294. The van der Waals surface area contributed by atoms with Crippen LogP contribution in [-0.4, -0.2) is 6.61 Å². The summed E-state index contributed by atoms with van der Waals surface area (Å²) in [6.07, 6.45) is 0.927. The van der Waals surface area contributed by atoms with Crippen LogP contribution in [0.4, 0.5) is 15.8 Å². The largest absolute Gasteiger partial charge is 0.491 e. The Bertz CT molecular complexity index is 601. The van der Waals surface area contributed by atoms with Crippen LogP contribution in [0.5, 0.6) is 5.75 Å². The third kappa shape index (κ3) is 3.88. The minimum Gasteiger partial charge on any atom is -0.491 e. The first-order valence-corrected chi connectivity index (χ1v) is 7.15. The summed E-state index contributed by atoms with van der Waals surface area (Å²) in [4.78, 5) is 0. The summed E-state index contributed by atoms with van der Waals surface area (Å²) >= 11 is 0. The molecule has 3 nitrogen and oxygen atoms in total. The summed E-state index contributed by atoms with van der Waals surface area (Å²) in [5.41, 5.74) is 8.36. The molecular weight excluding hydrogens is 267 g/mol. The van der Waals surface area contributed by atoms with Gasteiger partial charge in [0, 0.05) is 6.04 Å². The molecule has 0 radical (unpaired) electrons. The highest BCUT2D eigenvalue weighted by Crippen LogP contribution is 2.32. The second kappa shape index (κ2) is 6.97. The zero-order valence-corrected chi connectivity index (χ0v) is 12.4. The standard InChI is InChI=1S/C17H21FN2O/c1-3-10-21-16-9-5-8-15(17(16)19)20-12(2)13-6-4-7-14(18)11-13/h4-9,11-12,20H,3,10,19H2,1-2H3. The Hall–Kier alpha value is -2.23. The van der Waals surface area contributed by atoms with E-state index in [2.05, 4.69) is 5.32 Å². The van der Waals surface area contributed by atoms with Crippen LogP contribution in [0, 0.1) is 5.82 Å². The highest BCUT2D eigenvalue weighted by atomic mass is 19.1. The van der Waals surface area contributed by atoms with Crippen molar-refractivity contribution in [1.82, 2.24) is 0 Å². The number of anilines is 2. The molecule has 0 aromatic heterocycles. The number of nitrogen functional groups attached to an aromatic ring is 1. The van der Waals surface area contributed by atoms with Crippen molar-refractivity contribution in [2.45, 2.75) is 26.3 Å². The molecule has 0 saturated heterocycles. The number of halogens is 1. The van der Waals surface area contributed by atoms with Gasteiger partial charge in [0.25, 0.3) is 0 Å². The maximum Gasteiger partial charge on any atom is 0.144 e. The van der Waals surface area contributed by atoms with Gasteiger partial charge in [0.15, 0.2) is 0 Å². The molecule has 3 N–H and O–H groups in total. The van der Waals surface area contributed by atoms with Gasteiger partial charge in [-0.1, -0.05) is 25.1 Å². The van der Waals surface area contributed by atoms with Crippen LogP contribution < -0.4 is 15.8 Å². The van der Waals surface area contributed by atoms with E-state index in [1.165, 1.54) is 12.1 Å². The van der Waals surface area contributed by atoms with E-state index < -0.39 is 0 Å². The molecule has 2 aromatic carbocycles. The number of hydrogen-bond acceptors (Lipinski definition) is 3. The third-order valence-electron chi connectivity index (χ3n) is 3.25. The van der Waals surface area contributed by atoms with Gasteiger partial charge in [0.1, 0.15) is 11.6 Å². The molecule has 0 aliphatic carbocycles. The Morgan fingerprint density at radius 1 is 1.24 bits per heavy atom. The molecule has 112 valence electrons. The van der Waals surface area contributed by atoms with Crippen molar-refractivity contribution in [1.29, 1.82) is 0 Å². The molecule has 2 aromatic rings. The number of nitrogens with one attached hydrogen (secondary N) is 1. The van der Waals surface area contributed by atoms with Gasteiger partial charge in [0.2, 0.25) is 0 Å². The van der Waals surface area contributed by atoms with Crippen LogP contribution >= 0.6 is 0 Å². The molecule has 21 heavy (non-hydrogen) atoms. The SMILES string of the molecule is CCCOc1cccc(NC(C)c2cccc(F)c2)c1N. The van der Waals surface area contributed by atoms with E-state index in [0.29, 0.717) is 18.0 Å². The van der Waals surface area contributed by atoms with E-state index in [9.17, 15) is 4.39 Å². The van der Waals surface area contributed by atoms with Crippen LogP contribution in [-0.2, 0) is 0 Å². The molecular formula is C17H21FN2O. The summed E-state index contributed by atoms with van der Waals surface area (Å²) in [7, 11) is 0. The van der Waals surface area contributed by atoms with Crippen molar-refractivity contribution in [2.75, 3.05) is 17.7 Å². The summed E-state index contributed by atoms with van der Waals surface area (Å²) < 4.78 is 18.9.